The second-order valence-electron chi connectivity index (χ2n) is 6.17. The summed E-state index contributed by atoms with van der Waals surface area (Å²) in [4.78, 5) is 4.19. The van der Waals surface area contributed by atoms with E-state index in [1.54, 1.807) is 6.20 Å². The third-order valence-electron chi connectivity index (χ3n) is 4.63. The molecule has 0 bridgehead atoms. The topological polar surface area (TPSA) is 48.8 Å². The molecule has 126 valence electrons. The van der Waals surface area contributed by atoms with Crippen molar-refractivity contribution in [2.24, 2.45) is 0 Å². The molecular weight excluding hydrogens is 324 g/mol. The number of rotatable bonds is 3. The van der Waals surface area contributed by atoms with Gasteiger partial charge in [0.2, 0.25) is 5.88 Å². The molecule has 0 aliphatic carbocycles. The molecule has 0 amide bonds. The predicted molar refractivity (Wildman–Crippen MR) is 101 cm³/mol. The summed E-state index contributed by atoms with van der Waals surface area (Å²) in [6.07, 6.45) is 5.55. The summed E-state index contributed by atoms with van der Waals surface area (Å²) in [5, 5.41) is 5.41. The summed E-state index contributed by atoms with van der Waals surface area (Å²) in [6.45, 7) is 2.08. The lowest BCUT2D eigenvalue weighted by atomic mass is 10.1. The fourth-order valence-electron chi connectivity index (χ4n) is 3.47. The Morgan fingerprint density at radius 3 is 2.58 bits per heavy atom. The van der Waals surface area contributed by atoms with Crippen LogP contribution in [-0.4, -0.2) is 19.3 Å². The van der Waals surface area contributed by atoms with Crippen LogP contribution in [0.4, 0.5) is 0 Å². The van der Waals surface area contributed by atoms with Crippen molar-refractivity contribution in [3.63, 3.8) is 0 Å². The van der Waals surface area contributed by atoms with Crippen LogP contribution >= 0.6 is 0 Å². The number of fused-ring (bicyclic) bond motifs is 1. The first-order valence-corrected chi connectivity index (χ1v) is 8.44. The Labute approximate surface area is 150 Å². The Bertz CT molecular complexity index is 1180. The SMILES string of the molecule is Cc1c(-n2ccnc2)c2ccccc2n1-c1cc(-c2ccccc2)no1. The van der Waals surface area contributed by atoms with Crippen molar-refractivity contribution in [2.45, 2.75) is 6.92 Å². The highest BCUT2D eigenvalue weighted by molar-refractivity contribution is 5.92. The molecule has 2 aromatic carbocycles. The molecule has 3 aromatic heterocycles. The quantitative estimate of drug-likeness (QED) is 0.475. The zero-order valence-corrected chi connectivity index (χ0v) is 14.2. The van der Waals surface area contributed by atoms with Crippen LogP contribution in [0.5, 0.6) is 0 Å². The minimum atomic E-state index is 0.698. The Hall–Kier alpha value is -3.60. The maximum Gasteiger partial charge on any atom is 0.236 e. The average Bonchev–Trinajstić information content (AvgIpc) is 3.40. The Kier molecular flexibility index (Phi) is 3.25. The minimum absolute atomic E-state index is 0.698. The lowest BCUT2D eigenvalue weighted by molar-refractivity contribution is 0.409. The molecular formula is C21H16N4O. The average molecular weight is 340 g/mol. The van der Waals surface area contributed by atoms with Gasteiger partial charge in [0.1, 0.15) is 5.69 Å². The smallest absolute Gasteiger partial charge is 0.236 e. The van der Waals surface area contributed by atoms with Gasteiger partial charge in [0.25, 0.3) is 0 Å². The highest BCUT2D eigenvalue weighted by atomic mass is 16.5. The van der Waals surface area contributed by atoms with E-state index >= 15 is 0 Å². The van der Waals surface area contributed by atoms with Gasteiger partial charge in [-0.3, -0.25) is 4.57 Å². The molecule has 0 N–H and O–H groups in total. The standard InChI is InChI=1S/C21H16N4O/c1-15-21(24-12-11-22-14-24)17-9-5-6-10-19(17)25(15)20-13-18(23-26-20)16-7-3-2-4-8-16/h2-14H,1H3. The lowest BCUT2D eigenvalue weighted by Gasteiger charge is -2.04. The van der Waals surface area contributed by atoms with E-state index in [-0.39, 0.29) is 0 Å². The van der Waals surface area contributed by atoms with E-state index in [1.165, 1.54) is 0 Å². The third-order valence-corrected chi connectivity index (χ3v) is 4.63. The van der Waals surface area contributed by atoms with Gasteiger partial charge in [-0.15, -0.1) is 0 Å². The molecule has 0 fully saturated rings. The molecule has 3 heterocycles. The molecule has 5 nitrogen and oxygen atoms in total. The van der Waals surface area contributed by atoms with Gasteiger partial charge in [0.15, 0.2) is 0 Å². The minimum Gasteiger partial charge on any atom is -0.337 e. The van der Waals surface area contributed by atoms with Gasteiger partial charge < -0.3 is 9.09 Å². The molecule has 0 aliphatic heterocycles. The molecule has 5 heteroatoms. The molecule has 0 unspecified atom stereocenters. The number of imidazole rings is 1. The van der Waals surface area contributed by atoms with Crippen LogP contribution in [0.2, 0.25) is 0 Å². The third kappa shape index (κ3) is 2.18. The van der Waals surface area contributed by atoms with E-state index in [2.05, 4.69) is 33.8 Å². The van der Waals surface area contributed by atoms with Gasteiger partial charge in [-0.1, -0.05) is 53.7 Å². The van der Waals surface area contributed by atoms with Crippen LogP contribution in [0.3, 0.4) is 0 Å². The van der Waals surface area contributed by atoms with Crippen molar-refractivity contribution in [1.82, 2.24) is 19.3 Å². The molecule has 0 radical (unpaired) electrons. The summed E-state index contributed by atoms with van der Waals surface area (Å²) in [5.74, 6) is 0.698. The largest absolute Gasteiger partial charge is 0.337 e. The van der Waals surface area contributed by atoms with E-state index < -0.39 is 0 Å². The van der Waals surface area contributed by atoms with E-state index in [1.807, 2.05) is 65.6 Å². The fraction of sp³-hybridized carbons (Fsp3) is 0.0476. The zero-order valence-electron chi connectivity index (χ0n) is 14.2. The fourth-order valence-corrected chi connectivity index (χ4v) is 3.47. The summed E-state index contributed by atoms with van der Waals surface area (Å²) < 4.78 is 9.84. The lowest BCUT2D eigenvalue weighted by Crippen LogP contribution is -1.97. The van der Waals surface area contributed by atoms with Gasteiger partial charge in [-0.2, -0.15) is 0 Å². The van der Waals surface area contributed by atoms with E-state index in [9.17, 15) is 0 Å². The first-order chi connectivity index (χ1) is 12.8. The van der Waals surface area contributed by atoms with E-state index in [0.717, 1.165) is 33.5 Å². The number of benzene rings is 2. The maximum atomic E-state index is 5.71. The normalized spacial score (nSPS) is 11.3. The van der Waals surface area contributed by atoms with Crippen LogP contribution in [0.15, 0.2) is 83.9 Å². The first-order valence-electron chi connectivity index (χ1n) is 8.44. The summed E-state index contributed by atoms with van der Waals surface area (Å²) in [6, 6.07) is 20.3. The van der Waals surface area contributed by atoms with Crippen LogP contribution < -0.4 is 0 Å². The van der Waals surface area contributed by atoms with Gasteiger partial charge in [0, 0.05) is 35.1 Å². The monoisotopic (exact) mass is 340 g/mol. The number of para-hydroxylation sites is 1. The van der Waals surface area contributed by atoms with Crippen molar-refractivity contribution >= 4 is 10.9 Å². The molecule has 5 aromatic rings. The van der Waals surface area contributed by atoms with Crippen LogP contribution in [0, 0.1) is 6.92 Å². The molecule has 0 saturated carbocycles. The maximum absolute atomic E-state index is 5.71. The Balaban J connectivity index is 1.74. The highest BCUT2D eigenvalue weighted by Gasteiger charge is 2.19. The first kappa shape index (κ1) is 14.7. The number of hydrogen-bond donors (Lipinski definition) is 0. The highest BCUT2D eigenvalue weighted by Crippen LogP contribution is 2.33. The van der Waals surface area contributed by atoms with Crippen molar-refractivity contribution in [2.75, 3.05) is 0 Å². The van der Waals surface area contributed by atoms with E-state index in [0.29, 0.717) is 5.88 Å². The van der Waals surface area contributed by atoms with Gasteiger partial charge >= 0.3 is 0 Å². The van der Waals surface area contributed by atoms with Gasteiger partial charge in [0.05, 0.1) is 17.5 Å². The molecule has 0 saturated heterocycles. The molecule has 0 spiro atoms. The van der Waals surface area contributed by atoms with Crippen LogP contribution in [-0.2, 0) is 0 Å². The molecule has 26 heavy (non-hydrogen) atoms. The summed E-state index contributed by atoms with van der Waals surface area (Å²) >= 11 is 0. The summed E-state index contributed by atoms with van der Waals surface area (Å²) in [5.41, 5.74) is 5.09. The predicted octanol–water partition coefficient (Wildman–Crippen LogP) is 4.78. The Morgan fingerprint density at radius 1 is 0.962 bits per heavy atom. The number of nitrogens with zero attached hydrogens (tertiary/aromatic N) is 4. The number of hydrogen-bond acceptors (Lipinski definition) is 3. The van der Waals surface area contributed by atoms with Gasteiger partial charge in [-0.25, -0.2) is 4.98 Å². The number of aromatic nitrogens is 4. The molecule has 5 rings (SSSR count). The molecule has 0 aliphatic rings. The van der Waals surface area contributed by atoms with Gasteiger partial charge in [-0.05, 0) is 13.0 Å². The van der Waals surface area contributed by atoms with Crippen LogP contribution in [0.25, 0.3) is 33.7 Å². The zero-order chi connectivity index (χ0) is 17.5. The Morgan fingerprint density at radius 2 is 1.77 bits per heavy atom. The van der Waals surface area contributed by atoms with Crippen molar-refractivity contribution < 1.29 is 4.52 Å². The van der Waals surface area contributed by atoms with Crippen molar-refractivity contribution in [3.8, 4) is 22.8 Å². The molecule has 0 atom stereocenters. The second-order valence-corrected chi connectivity index (χ2v) is 6.17. The second kappa shape index (κ2) is 5.74. The van der Waals surface area contributed by atoms with E-state index in [4.69, 9.17) is 4.52 Å². The van der Waals surface area contributed by atoms with Crippen LogP contribution in [0.1, 0.15) is 5.69 Å². The van der Waals surface area contributed by atoms with Crippen molar-refractivity contribution in [3.05, 3.63) is 85.1 Å². The van der Waals surface area contributed by atoms with Crippen molar-refractivity contribution in [1.29, 1.82) is 0 Å². The summed E-state index contributed by atoms with van der Waals surface area (Å²) in [7, 11) is 0.